The van der Waals surface area contributed by atoms with Gasteiger partial charge in [-0.2, -0.15) is 5.26 Å². The predicted molar refractivity (Wildman–Crippen MR) is 66.4 cm³/mol. The summed E-state index contributed by atoms with van der Waals surface area (Å²) in [5.74, 6) is 0.859. The fourth-order valence-electron chi connectivity index (χ4n) is 4.71. The van der Waals surface area contributed by atoms with Crippen LogP contribution in [0.4, 0.5) is 0 Å². The number of nitrogens with zero attached hydrogens (tertiary/aromatic N) is 1. The Hall–Kier alpha value is -1.30. The first-order chi connectivity index (χ1) is 8.46. The predicted octanol–water partition coefficient (Wildman–Crippen LogP) is 2.97. The third kappa shape index (κ3) is 1.67. The Balaban J connectivity index is 1.87. The molecule has 0 spiro atoms. The molecule has 4 saturated carbocycles. The van der Waals surface area contributed by atoms with Crippen LogP contribution in [0.1, 0.15) is 45.4 Å². The van der Waals surface area contributed by atoms with E-state index in [0.717, 1.165) is 32.1 Å². The minimum atomic E-state index is -0.365. The van der Waals surface area contributed by atoms with Crippen molar-refractivity contribution in [3.8, 4) is 6.07 Å². The van der Waals surface area contributed by atoms with E-state index in [1.54, 1.807) is 6.92 Å². The summed E-state index contributed by atoms with van der Waals surface area (Å²) < 4.78 is 5.75. The van der Waals surface area contributed by atoms with Gasteiger partial charge in [0.15, 0.2) is 0 Å². The smallest absolute Gasteiger partial charge is 0.333 e. The minimum Gasteiger partial charge on any atom is -0.456 e. The van der Waals surface area contributed by atoms with E-state index < -0.39 is 0 Å². The highest BCUT2D eigenvalue weighted by atomic mass is 16.6. The van der Waals surface area contributed by atoms with Gasteiger partial charge in [-0.3, -0.25) is 0 Å². The van der Waals surface area contributed by atoms with Crippen LogP contribution in [0.2, 0.25) is 0 Å². The van der Waals surface area contributed by atoms with Crippen molar-refractivity contribution in [1.82, 2.24) is 0 Å². The Bertz CT molecular complexity index is 446. The first-order valence-corrected chi connectivity index (χ1v) is 6.76. The molecule has 0 aromatic carbocycles. The van der Waals surface area contributed by atoms with Gasteiger partial charge in [0, 0.05) is 12.0 Å². The molecule has 4 bridgehead atoms. The number of ether oxygens (including phenoxy) is 1. The molecular formula is C15H19NO2. The highest BCUT2D eigenvalue weighted by molar-refractivity contribution is 5.87. The number of carbonyl (C=O) groups is 1. The number of hydrogen-bond donors (Lipinski definition) is 0. The second-order valence-corrected chi connectivity index (χ2v) is 6.71. The molecule has 0 aliphatic heterocycles. The highest BCUT2D eigenvalue weighted by Crippen LogP contribution is 2.62. The van der Waals surface area contributed by atoms with E-state index in [-0.39, 0.29) is 17.0 Å². The average molecular weight is 245 g/mol. The van der Waals surface area contributed by atoms with Gasteiger partial charge < -0.3 is 4.74 Å². The van der Waals surface area contributed by atoms with Crippen molar-refractivity contribution in [2.75, 3.05) is 0 Å². The zero-order valence-electron chi connectivity index (χ0n) is 10.9. The third-order valence-corrected chi connectivity index (χ3v) is 4.90. The number of carbonyl (C=O) groups excluding carboxylic acids is 1. The SMILES string of the molecule is C=C(C)C(=O)OC12CC3CC(CC(C#N)(C3)C1)C2. The molecule has 4 fully saturated rings. The Morgan fingerprint density at radius 1 is 1.33 bits per heavy atom. The topological polar surface area (TPSA) is 50.1 Å². The molecule has 0 N–H and O–H groups in total. The molecule has 0 aromatic rings. The van der Waals surface area contributed by atoms with Gasteiger partial charge in [-0.1, -0.05) is 6.58 Å². The van der Waals surface area contributed by atoms with Crippen LogP contribution in [0.3, 0.4) is 0 Å². The molecule has 0 radical (unpaired) electrons. The van der Waals surface area contributed by atoms with E-state index in [9.17, 15) is 10.1 Å². The quantitative estimate of drug-likeness (QED) is 0.555. The molecule has 2 atom stereocenters. The number of rotatable bonds is 2. The summed E-state index contributed by atoms with van der Waals surface area (Å²) in [7, 11) is 0. The maximum absolute atomic E-state index is 11.8. The van der Waals surface area contributed by atoms with E-state index in [4.69, 9.17) is 4.74 Å². The molecule has 0 saturated heterocycles. The van der Waals surface area contributed by atoms with Crippen molar-refractivity contribution in [3.05, 3.63) is 12.2 Å². The van der Waals surface area contributed by atoms with Crippen molar-refractivity contribution in [3.63, 3.8) is 0 Å². The van der Waals surface area contributed by atoms with Crippen molar-refractivity contribution in [2.45, 2.75) is 51.0 Å². The van der Waals surface area contributed by atoms with Crippen LogP contribution in [0.25, 0.3) is 0 Å². The number of nitriles is 1. The molecule has 3 heteroatoms. The fourth-order valence-corrected chi connectivity index (χ4v) is 4.71. The van der Waals surface area contributed by atoms with Crippen LogP contribution in [0, 0.1) is 28.6 Å². The molecule has 18 heavy (non-hydrogen) atoms. The summed E-state index contributed by atoms with van der Waals surface area (Å²) in [5, 5.41) is 9.48. The van der Waals surface area contributed by atoms with Gasteiger partial charge in [0.25, 0.3) is 0 Å². The Kier molecular flexibility index (Phi) is 2.35. The van der Waals surface area contributed by atoms with Crippen LogP contribution in [0.15, 0.2) is 12.2 Å². The molecule has 2 unspecified atom stereocenters. The fraction of sp³-hybridized carbons (Fsp3) is 0.733. The molecule has 0 heterocycles. The van der Waals surface area contributed by atoms with Gasteiger partial charge in [0.1, 0.15) is 5.60 Å². The van der Waals surface area contributed by atoms with Gasteiger partial charge in [-0.05, 0) is 50.9 Å². The molecule has 0 aromatic heterocycles. The normalized spacial score (nSPS) is 44.4. The summed E-state index contributed by atoms with van der Waals surface area (Å²) in [6.07, 6.45) is 5.87. The van der Waals surface area contributed by atoms with Gasteiger partial charge >= 0.3 is 5.97 Å². The zero-order chi connectivity index (χ0) is 13.0. The summed E-state index contributed by atoms with van der Waals surface area (Å²) >= 11 is 0. The standard InChI is InChI=1S/C15H19NO2/c1-10(2)13(17)18-15-6-11-3-12(7-15)5-14(4-11,8-15)9-16/h11-12H,1,3-8H2,2H3. The van der Waals surface area contributed by atoms with E-state index in [2.05, 4.69) is 12.6 Å². The van der Waals surface area contributed by atoms with Crippen molar-refractivity contribution in [2.24, 2.45) is 17.3 Å². The zero-order valence-corrected chi connectivity index (χ0v) is 10.9. The Morgan fingerprint density at radius 3 is 2.44 bits per heavy atom. The molecule has 4 rings (SSSR count). The molecule has 3 nitrogen and oxygen atoms in total. The van der Waals surface area contributed by atoms with Gasteiger partial charge in [0.2, 0.25) is 0 Å². The lowest BCUT2D eigenvalue weighted by atomic mass is 9.48. The van der Waals surface area contributed by atoms with Gasteiger partial charge in [0.05, 0.1) is 11.5 Å². The average Bonchev–Trinajstić information content (AvgIpc) is 2.26. The van der Waals surface area contributed by atoms with E-state index >= 15 is 0 Å². The maximum atomic E-state index is 11.8. The highest BCUT2D eigenvalue weighted by Gasteiger charge is 2.60. The molecule has 4 aliphatic carbocycles. The summed E-state index contributed by atoms with van der Waals surface area (Å²) in [5.41, 5.74) is -0.133. The molecule has 0 amide bonds. The van der Waals surface area contributed by atoms with Crippen LogP contribution >= 0.6 is 0 Å². The van der Waals surface area contributed by atoms with Gasteiger partial charge in [-0.15, -0.1) is 0 Å². The third-order valence-electron chi connectivity index (χ3n) is 4.90. The lowest BCUT2D eigenvalue weighted by Crippen LogP contribution is -2.57. The second-order valence-electron chi connectivity index (χ2n) is 6.71. The van der Waals surface area contributed by atoms with Crippen molar-refractivity contribution >= 4 is 5.97 Å². The first kappa shape index (κ1) is 11.8. The van der Waals surface area contributed by atoms with Crippen LogP contribution in [-0.2, 0) is 9.53 Å². The van der Waals surface area contributed by atoms with Crippen LogP contribution < -0.4 is 0 Å². The molecular weight excluding hydrogens is 226 g/mol. The lowest BCUT2D eigenvalue weighted by Gasteiger charge is -2.58. The Labute approximate surface area is 108 Å². The van der Waals surface area contributed by atoms with Crippen molar-refractivity contribution < 1.29 is 9.53 Å². The van der Waals surface area contributed by atoms with Gasteiger partial charge in [-0.25, -0.2) is 4.79 Å². The largest absolute Gasteiger partial charge is 0.456 e. The molecule has 4 aliphatic rings. The minimum absolute atomic E-state index is 0.223. The lowest BCUT2D eigenvalue weighted by molar-refractivity contribution is -0.190. The summed E-state index contributed by atoms with van der Waals surface area (Å²) in [6, 6.07) is 2.52. The number of hydrogen-bond acceptors (Lipinski definition) is 3. The monoisotopic (exact) mass is 245 g/mol. The van der Waals surface area contributed by atoms with E-state index in [0.29, 0.717) is 17.4 Å². The summed E-state index contributed by atoms with van der Waals surface area (Å²) in [6.45, 7) is 5.33. The van der Waals surface area contributed by atoms with E-state index in [1.165, 1.54) is 6.42 Å². The second kappa shape index (κ2) is 3.60. The summed E-state index contributed by atoms with van der Waals surface area (Å²) in [4.78, 5) is 11.8. The first-order valence-electron chi connectivity index (χ1n) is 6.76. The Morgan fingerprint density at radius 2 is 1.94 bits per heavy atom. The van der Waals surface area contributed by atoms with Crippen LogP contribution in [-0.4, -0.2) is 11.6 Å². The van der Waals surface area contributed by atoms with Crippen molar-refractivity contribution in [1.29, 1.82) is 5.26 Å². The molecule has 96 valence electrons. The van der Waals surface area contributed by atoms with E-state index in [1.807, 2.05) is 0 Å². The van der Waals surface area contributed by atoms with Crippen LogP contribution in [0.5, 0.6) is 0 Å². The number of esters is 1. The maximum Gasteiger partial charge on any atom is 0.333 e.